The molecule has 0 atom stereocenters. The smallest absolute Gasteiger partial charge is 0.255 e. The number of amides is 2. The first-order valence-electron chi connectivity index (χ1n) is 8.56. The van der Waals surface area contributed by atoms with Gasteiger partial charge < -0.3 is 30.0 Å². The summed E-state index contributed by atoms with van der Waals surface area (Å²) < 4.78 is 10.4. The van der Waals surface area contributed by atoms with E-state index in [1.54, 1.807) is 36.4 Å². The zero-order chi connectivity index (χ0) is 20.5. The SMILES string of the molecule is COc1ccc(NC(=O)c2cccc(NC(=O)CCCC(=O)[O-])c2)c(OC)c1. The van der Waals surface area contributed by atoms with E-state index in [-0.39, 0.29) is 31.1 Å². The van der Waals surface area contributed by atoms with E-state index in [0.29, 0.717) is 28.4 Å². The molecule has 148 valence electrons. The van der Waals surface area contributed by atoms with Gasteiger partial charge in [-0.1, -0.05) is 6.07 Å². The van der Waals surface area contributed by atoms with Gasteiger partial charge in [0.15, 0.2) is 0 Å². The third-order valence-corrected chi connectivity index (χ3v) is 3.85. The minimum Gasteiger partial charge on any atom is -0.550 e. The number of carboxylic acid groups (broad SMARTS) is 1. The second-order valence-electron chi connectivity index (χ2n) is 5.87. The summed E-state index contributed by atoms with van der Waals surface area (Å²) in [5.74, 6) is -0.865. The fraction of sp³-hybridized carbons (Fsp3) is 0.250. The number of nitrogens with one attached hydrogen (secondary N) is 2. The van der Waals surface area contributed by atoms with E-state index in [1.807, 2.05) is 0 Å². The zero-order valence-corrected chi connectivity index (χ0v) is 15.6. The molecule has 0 unspecified atom stereocenters. The predicted molar refractivity (Wildman–Crippen MR) is 101 cm³/mol. The van der Waals surface area contributed by atoms with Gasteiger partial charge >= 0.3 is 0 Å². The number of anilines is 2. The quantitative estimate of drug-likeness (QED) is 0.680. The van der Waals surface area contributed by atoms with E-state index in [1.165, 1.54) is 20.3 Å². The number of carbonyl (C=O) groups excluding carboxylic acids is 3. The maximum absolute atomic E-state index is 12.5. The van der Waals surface area contributed by atoms with Gasteiger partial charge in [-0.2, -0.15) is 0 Å². The van der Waals surface area contributed by atoms with Crippen molar-refractivity contribution in [1.82, 2.24) is 0 Å². The summed E-state index contributed by atoms with van der Waals surface area (Å²) in [5.41, 5.74) is 1.25. The first kappa shape index (κ1) is 20.8. The van der Waals surface area contributed by atoms with E-state index in [0.717, 1.165) is 0 Å². The van der Waals surface area contributed by atoms with Crippen molar-refractivity contribution in [3.63, 3.8) is 0 Å². The number of hydrogen-bond donors (Lipinski definition) is 2. The van der Waals surface area contributed by atoms with Crippen LogP contribution in [0.2, 0.25) is 0 Å². The summed E-state index contributed by atoms with van der Waals surface area (Å²) in [5, 5.41) is 15.8. The average molecular weight is 385 g/mol. The molecule has 8 heteroatoms. The summed E-state index contributed by atoms with van der Waals surface area (Å²) in [6, 6.07) is 11.4. The fourth-order valence-electron chi connectivity index (χ4n) is 2.45. The fourth-order valence-corrected chi connectivity index (χ4v) is 2.45. The number of carboxylic acids is 1. The molecule has 2 aromatic carbocycles. The average Bonchev–Trinajstić information content (AvgIpc) is 2.68. The molecule has 0 aliphatic carbocycles. The van der Waals surface area contributed by atoms with E-state index >= 15 is 0 Å². The highest BCUT2D eigenvalue weighted by molar-refractivity contribution is 6.06. The summed E-state index contributed by atoms with van der Waals surface area (Å²) >= 11 is 0. The number of hydrogen-bond acceptors (Lipinski definition) is 6. The summed E-state index contributed by atoms with van der Waals surface area (Å²) in [4.78, 5) is 34.8. The molecule has 0 saturated carbocycles. The van der Waals surface area contributed by atoms with Crippen LogP contribution >= 0.6 is 0 Å². The van der Waals surface area contributed by atoms with Crippen LogP contribution in [0.25, 0.3) is 0 Å². The Hall–Kier alpha value is -3.55. The van der Waals surface area contributed by atoms with Crippen LogP contribution < -0.4 is 25.2 Å². The highest BCUT2D eigenvalue weighted by atomic mass is 16.5. The van der Waals surface area contributed by atoms with Crippen LogP contribution in [0.3, 0.4) is 0 Å². The van der Waals surface area contributed by atoms with Crippen molar-refractivity contribution in [2.75, 3.05) is 24.9 Å². The second kappa shape index (κ2) is 9.96. The molecule has 0 aliphatic rings. The van der Waals surface area contributed by atoms with Crippen molar-refractivity contribution in [3.8, 4) is 11.5 Å². The number of carbonyl (C=O) groups is 3. The Morgan fingerprint density at radius 2 is 1.75 bits per heavy atom. The normalized spacial score (nSPS) is 10.1. The minimum absolute atomic E-state index is 0.0491. The van der Waals surface area contributed by atoms with Crippen LogP contribution in [0.5, 0.6) is 11.5 Å². The number of aliphatic carboxylic acids is 1. The number of benzene rings is 2. The van der Waals surface area contributed by atoms with E-state index in [2.05, 4.69) is 10.6 Å². The van der Waals surface area contributed by atoms with Crippen LogP contribution in [-0.2, 0) is 9.59 Å². The van der Waals surface area contributed by atoms with Gasteiger partial charge in [-0.25, -0.2) is 0 Å². The lowest BCUT2D eigenvalue weighted by molar-refractivity contribution is -0.305. The van der Waals surface area contributed by atoms with Crippen molar-refractivity contribution in [3.05, 3.63) is 48.0 Å². The molecule has 0 fully saturated rings. The molecule has 2 N–H and O–H groups in total. The van der Waals surface area contributed by atoms with Gasteiger partial charge in [-0.15, -0.1) is 0 Å². The number of methoxy groups -OCH3 is 2. The lowest BCUT2D eigenvalue weighted by Crippen LogP contribution is -2.22. The van der Waals surface area contributed by atoms with Crippen LogP contribution in [0, 0.1) is 0 Å². The summed E-state index contributed by atoms with van der Waals surface area (Å²) in [6.45, 7) is 0. The maximum atomic E-state index is 12.5. The van der Waals surface area contributed by atoms with Crippen LogP contribution in [0.4, 0.5) is 11.4 Å². The highest BCUT2D eigenvalue weighted by Crippen LogP contribution is 2.29. The van der Waals surface area contributed by atoms with E-state index in [9.17, 15) is 19.5 Å². The zero-order valence-electron chi connectivity index (χ0n) is 15.6. The van der Waals surface area contributed by atoms with Gasteiger partial charge in [0.25, 0.3) is 5.91 Å². The Bertz CT molecular complexity index is 866. The molecule has 2 rings (SSSR count). The third-order valence-electron chi connectivity index (χ3n) is 3.85. The summed E-state index contributed by atoms with van der Waals surface area (Å²) in [7, 11) is 3.02. The molecule has 0 aliphatic heterocycles. The lowest BCUT2D eigenvalue weighted by Gasteiger charge is -2.12. The van der Waals surface area contributed by atoms with Gasteiger partial charge in [0.05, 0.1) is 19.9 Å². The number of rotatable bonds is 9. The highest BCUT2D eigenvalue weighted by Gasteiger charge is 2.12. The van der Waals surface area contributed by atoms with Crippen LogP contribution in [-0.4, -0.2) is 32.0 Å². The largest absolute Gasteiger partial charge is 0.550 e. The van der Waals surface area contributed by atoms with Crippen molar-refractivity contribution >= 4 is 29.2 Å². The molecule has 0 radical (unpaired) electrons. The molecule has 0 bridgehead atoms. The molecule has 0 aromatic heterocycles. The predicted octanol–water partition coefficient (Wildman–Crippen LogP) is 1.81. The van der Waals surface area contributed by atoms with Gasteiger partial charge in [0.2, 0.25) is 5.91 Å². The van der Waals surface area contributed by atoms with Crippen LogP contribution in [0.15, 0.2) is 42.5 Å². The van der Waals surface area contributed by atoms with Crippen molar-refractivity contribution in [2.24, 2.45) is 0 Å². The molecule has 0 heterocycles. The Morgan fingerprint density at radius 1 is 0.964 bits per heavy atom. The Balaban J connectivity index is 2.04. The molecular weight excluding hydrogens is 364 g/mol. The van der Waals surface area contributed by atoms with Crippen LogP contribution in [0.1, 0.15) is 29.6 Å². The van der Waals surface area contributed by atoms with Crippen molar-refractivity contribution in [2.45, 2.75) is 19.3 Å². The molecule has 0 saturated heterocycles. The Morgan fingerprint density at radius 3 is 2.43 bits per heavy atom. The van der Waals surface area contributed by atoms with Gasteiger partial charge in [0.1, 0.15) is 11.5 Å². The molecule has 8 nitrogen and oxygen atoms in total. The number of ether oxygens (including phenoxy) is 2. The Kier molecular flexibility index (Phi) is 7.38. The van der Waals surface area contributed by atoms with Crippen molar-refractivity contribution < 1.29 is 29.0 Å². The van der Waals surface area contributed by atoms with Crippen molar-refractivity contribution in [1.29, 1.82) is 0 Å². The lowest BCUT2D eigenvalue weighted by atomic mass is 10.1. The monoisotopic (exact) mass is 385 g/mol. The van der Waals surface area contributed by atoms with Gasteiger partial charge in [-0.3, -0.25) is 9.59 Å². The molecule has 2 amide bonds. The first-order valence-corrected chi connectivity index (χ1v) is 8.56. The topological polar surface area (TPSA) is 117 Å². The Labute approximate surface area is 162 Å². The maximum Gasteiger partial charge on any atom is 0.255 e. The molecule has 0 spiro atoms. The first-order chi connectivity index (χ1) is 13.4. The molecular formula is C20H21N2O6-. The summed E-state index contributed by atoms with van der Waals surface area (Å²) in [6.07, 6.45) is 0.0542. The molecule has 2 aromatic rings. The second-order valence-corrected chi connectivity index (χ2v) is 5.87. The van der Waals surface area contributed by atoms with Gasteiger partial charge in [0, 0.05) is 29.7 Å². The van der Waals surface area contributed by atoms with Gasteiger partial charge in [-0.05, 0) is 43.2 Å². The third kappa shape index (κ3) is 6.01. The standard InChI is InChI=1S/C20H22N2O6/c1-27-15-9-10-16(17(12-15)28-2)22-20(26)13-5-3-6-14(11-13)21-18(23)7-4-8-19(24)25/h3,5-6,9-12H,4,7-8H2,1-2H3,(H,21,23)(H,22,26)(H,24,25)/p-1. The van der Waals surface area contributed by atoms with E-state index < -0.39 is 5.97 Å². The van der Waals surface area contributed by atoms with E-state index in [4.69, 9.17) is 9.47 Å². The molecule has 28 heavy (non-hydrogen) atoms. The minimum atomic E-state index is -1.19.